The quantitative estimate of drug-likeness (QED) is 0.297. The second-order valence-corrected chi connectivity index (χ2v) is 9.00. The molecule has 1 aliphatic rings. The van der Waals surface area contributed by atoms with Crippen LogP contribution in [0.25, 0.3) is 11.0 Å². The van der Waals surface area contributed by atoms with Crippen LogP contribution in [0, 0.1) is 10.1 Å². The van der Waals surface area contributed by atoms with Crippen LogP contribution in [-0.4, -0.2) is 52.7 Å². The van der Waals surface area contributed by atoms with Gasteiger partial charge in [0.15, 0.2) is 0 Å². The molecule has 0 bridgehead atoms. The fourth-order valence-corrected chi connectivity index (χ4v) is 4.52. The van der Waals surface area contributed by atoms with E-state index in [0.717, 1.165) is 19.6 Å². The number of benzene rings is 3. The van der Waals surface area contributed by atoms with Gasteiger partial charge in [0.2, 0.25) is 11.7 Å². The molecule has 9 nitrogen and oxygen atoms in total. The van der Waals surface area contributed by atoms with Crippen molar-refractivity contribution in [2.45, 2.75) is 13.0 Å². The van der Waals surface area contributed by atoms with Gasteiger partial charge in [-0.1, -0.05) is 54.6 Å². The molecule has 0 atom stereocenters. The van der Waals surface area contributed by atoms with E-state index >= 15 is 0 Å². The van der Waals surface area contributed by atoms with Gasteiger partial charge in [-0.2, -0.15) is 0 Å². The van der Waals surface area contributed by atoms with E-state index < -0.39 is 4.92 Å². The predicted molar refractivity (Wildman–Crippen MR) is 139 cm³/mol. The minimum Gasteiger partial charge on any atom is -0.449 e. The zero-order valence-electron chi connectivity index (χ0n) is 20.1. The Morgan fingerprint density at radius 1 is 0.865 bits per heavy atom. The molecule has 5 rings (SSSR count). The molecule has 1 fully saturated rings. The number of nitro groups is 1. The first-order valence-electron chi connectivity index (χ1n) is 12.1. The summed E-state index contributed by atoms with van der Waals surface area (Å²) in [6, 6.07) is 23.2. The lowest BCUT2D eigenvalue weighted by Crippen LogP contribution is -2.48. The van der Waals surface area contributed by atoms with Crippen molar-refractivity contribution in [2.75, 3.05) is 31.5 Å². The molecule has 2 amide bonds. The molecule has 1 aromatic heterocycles. The summed E-state index contributed by atoms with van der Waals surface area (Å²) in [6.07, 6.45) is 0.00327. The number of amides is 2. The zero-order chi connectivity index (χ0) is 25.8. The summed E-state index contributed by atoms with van der Waals surface area (Å²) < 4.78 is 5.94. The Morgan fingerprint density at radius 2 is 1.54 bits per heavy atom. The Morgan fingerprint density at radius 3 is 2.24 bits per heavy atom. The Bertz CT molecular complexity index is 1420. The first kappa shape index (κ1) is 24.2. The van der Waals surface area contributed by atoms with Gasteiger partial charge in [-0.05, 0) is 23.3 Å². The van der Waals surface area contributed by atoms with Crippen LogP contribution >= 0.6 is 0 Å². The van der Waals surface area contributed by atoms with Gasteiger partial charge < -0.3 is 14.6 Å². The lowest BCUT2D eigenvalue weighted by Gasteiger charge is -2.34. The molecule has 0 unspecified atom stereocenters. The number of para-hydroxylation sites is 1. The van der Waals surface area contributed by atoms with Gasteiger partial charge in [0.25, 0.3) is 11.6 Å². The first-order valence-corrected chi connectivity index (χ1v) is 12.1. The molecule has 0 saturated carbocycles. The summed E-state index contributed by atoms with van der Waals surface area (Å²) in [4.78, 5) is 40.8. The van der Waals surface area contributed by atoms with E-state index in [1.54, 1.807) is 29.2 Å². The van der Waals surface area contributed by atoms with Gasteiger partial charge in [-0.25, -0.2) is 0 Å². The number of hydrogen-bond donors (Lipinski definition) is 1. The predicted octanol–water partition coefficient (Wildman–Crippen LogP) is 4.48. The number of anilines is 1. The molecule has 9 heteroatoms. The van der Waals surface area contributed by atoms with Crippen LogP contribution < -0.4 is 5.32 Å². The number of fused-ring (bicyclic) bond motifs is 1. The smallest absolute Gasteiger partial charge is 0.291 e. The number of nitrogens with one attached hydrogen (secondary N) is 1. The highest BCUT2D eigenvalue weighted by molar-refractivity contribution is 6.11. The van der Waals surface area contributed by atoms with Crippen molar-refractivity contribution in [3.05, 3.63) is 106 Å². The minimum absolute atomic E-state index is 0.00327. The maximum absolute atomic E-state index is 13.5. The van der Waals surface area contributed by atoms with Crippen molar-refractivity contribution in [3.63, 3.8) is 0 Å². The molecule has 1 saturated heterocycles. The minimum atomic E-state index is -0.485. The number of rotatable bonds is 7. The summed E-state index contributed by atoms with van der Waals surface area (Å²) in [5.74, 6) is -0.502. The van der Waals surface area contributed by atoms with Crippen LogP contribution in [0.2, 0.25) is 0 Å². The van der Waals surface area contributed by atoms with Gasteiger partial charge in [0.05, 0.1) is 11.3 Å². The number of nitro benzene ring substituents is 1. The summed E-state index contributed by atoms with van der Waals surface area (Å²) in [5, 5.41) is 14.4. The summed E-state index contributed by atoms with van der Waals surface area (Å²) in [5.41, 5.74) is 2.68. The number of hydrogen-bond acceptors (Lipinski definition) is 6. The van der Waals surface area contributed by atoms with Crippen molar-refractivity contribution in [2.24, 2.45) is 0 Å². The van der Waals surface area contributed by atoms with Crippen LogP contribution in [-0.2, 0) is 17.8 Å². The third-order valence-corrected chi connectivity index (χ3v) is 6.47. The number of piperazine rings is 1. The van der Waals surface area contributed by atoms with Gasteiger partial charge in [-0.3, -0.25) is 24.6 Å². The lowest BCUT2D eigenvalue weighted by molar-refractivity contribution is -0.384. The third-order valence-electron chi connectivity index (χ3n) is 6.47. The van der Waals surface area contributed by atoms with Crippen LogP contribution in [0.4, 0.5) is 11.4 Å². The topological polar surface area (TPSA) is 109 Å². The fourth-order valence-electron chi connectivity index (χ4n) is 4.52. The van der Waals surface area contributed by atoms with Gasteiger partial charge >= 0.3 is 0 Å². The average molecular weight is 499 g/mol. The highest BCUT2D eigenvalue weighted by Gasteiger charge is 2.29. The molecule has 2 heterocycles. The summed E-state index contributed by atoms with van der Waals surface area (Å²) in [7, 11) is 0. The highest BCUT2D eigenvalue weighted by atomic mass is 16.6. The Labute approximate surface area is 213 Å². The lowest BCUT2D eigenvalue weighted by atomic mass is 10.1. The standard InChI is InChI=1S/C28H26N4O5/c33-25(18-20-10-12-22(13-11-20)32(35)36)29-26-23-8-4-5-9-24(23)37-27(26)28(34)31-16-14-30(15-17-31)19-21-6-2-1-3-7-21/h1-13H,14-19H2,(H,29,33). The van der Waals surface area contributed by atoms with Gasteiger partial charge in [0, 0.05) is 50.2 Å². The third kappa shape index (κ3) is 5.52. The number of carbonyl (C=O) groups excluding carboxylic acids is 2. The van der Waals surface area contributed by atoms with Gasteiger partial charge in [0.1, 0.15) is 11.3 Å². The summed E-state index contributed by atoms with van der Waals surface area (Å²) >= 11 is 0. The SMILES string of the molecule is O=C(Cc1ccc([N+](=O)[O-])cc1)Nc1c(C(=O)N2CCN(Cc3ccccc3)CC2)oc2ccccc12. The molecule has 0 radical (unpaired) electrons. The molecule has 4 aromatic rings. The fraction of sp³-hybridized carbons (Fsp3) is 0.214. The monoisotopic (exact) mass is 498 g/mol. The van der Waals surface area contributed by atoms with E-state index in [1.807, 2.05) is 30.3 Å². The van der Waals surface area contributed by atoms with E-state index in [9.17, 15) is 19.7 Å². The Hall–Kier alpha value is -4.50. The number of non-ortho nitro benzene ring substituents is 1. The maximum atomic E-state index is 13.5. The Balaban J connectivity index is 1.29. The van der Waals surface area contributed by atoms with Crippen molar-refractivity contribution >= 4 is 34.2 Å². The van der Waals surface area contributed by atoms with Crippen molar-refractivity contribution in [3.8, 4) is 0 Å². The van der Waals surface area contributed by atoms with Crippen LogP contribution in [0.15, 0.2) is 83.3 Å². The summed E-state index contributed by atoms with van der Waals surface area (Å²) in [6.45, 7) is 3.42. The molecule has 0 spiro atoms. The first-order chi connectivity index (χ1) is 18.0. The largest absolute Gasteiger partial charge is 0.449 e. The molecule has 0 aliphatic carbocycles. The van der Waals surface area contributed by atoms with E-state index in [4.69, 9.17) is 4.42 Å². The molecule has 37 heavy (non-hydrogen) atoms. The van der Waals surface area contributed by atoms with E-state index in [0.29, 0.717) is 35.3 Å². The zero-order valence-corrected chi connectivity index (χ0v) is 20.1. The maximum Gasteiger partial charge on any atom is 0.291 e. The van der Waals surface area contributed by atoms with Crippen LogP contribution in [0.5, 0.6) is 0 Å². The molecular formula is C28H26N4O5. The van der Waals surface area contributed by atoms with E-state index in [2.05, 4.69) is 22.3 Å². The van der Waals surface area contributed by atoms with Crippen molar-refractivity contribution in [1.29, 1.82) is 0 Å². The average Bonchev–Trinajstić information content (AvgIpc) is 3.27. The molecule has 188 valence electrons. The second-order valence-electron chi connectivity index (χ2n) is 9.00. The molecular weight excluding hydrogens is 472 g/mol. The van der Waals surface area contributed by atoms with Crippen LogP contribution in [0.3, 0.4) is 0 Å². The number of furan rings is 1. The molecule has 3 aromatic carbocycles. The molecule has 1 aliphatic heterocycles. The van der Waals surface area contributed by atoms with E-state index in [1.165, 1.54) is 17.7 Å². The Kier molecular flexibility index (Phi) is 6.96. The van der Waals surface area contributed by atoms with Crippen molar-refractivity contribution in [1.82, 2.24) is 9.80 Å². The van der Waals surface area contributed by atoms with Crippen LogP contribution in [0.1, 0.15) is 21.7 Å². The number of carbonyl (C=O) groups is 2. The van der Waals surface area contributed by atoms with Gasteiger partial charge in [-0.15, -0.1) is 0 Å². The normalized spacial score (nSPS) is 14.0. The number of nitrogens with zero attached hydrogens (tertiary/aromatic N) is 3. The van der Waals surface area contributed by atoms with Crippen molar-refractivity contribution < 1.29 is 18.9 Å². The highest BCUT2D eigenvalue weighted by Crippen LogP contribution is 2.32. The second kappa shape index (κ2) is 10.6. The van der Waals surface area contributed by atoms with E-state index in [-0.39, 0.29) is 29.7 Å². The molecule has 1 N–H and O–H groups in total.